The van der Waals surface area contributed by atoms with Gasteiger partial charge in [0.05, 0.1) is 0 Å². The van der Waals surface area contributed by atoms with Crippen LogP contribution >= 0.6 is 0 Å². The minimum Gasteiger partial charge on any atom is -0.387 e. The van der Waals surface area contributed by atoms with Crippen LogP contribution < -0.4 is 0 Å². The van der Waals surface area contributed by atoms with Gasteiger partial charge in [0.1, 0.15) is 36.6 Å². The summed E-state index contributed by atoms with van der Waals surface area (Å²) in [6.45, 7) is 30.4. The first kappa shape index (κ1) is 67.3. The molecule has 436 valence electrons. The van der Waals surface area contributed by atoms with Gasteiger partial charge < -0.3 is 30.6 Å². The van der Waals surface area contributed by atoms with Gasteiger partial charge in [-0.1, -0.05) is 0 Å². The van der Waals surface area contributed by atoms with E-state index in [0.29, 0.717) is 0 Å². The molecule has 1 aliphatic carbocycles. The molecule has 7 rings (SSSR count). The van der Waals surface area contributed by atoms with Gasteiger partial charge in [-0.15, -0.1) is 0 Å². The van der Waals surface area contributed by atoms with Gasteiger partial charge in [-0.2, -0.15) is 8.42 Å². The molecule has 0 aromatic heterocycles. The molecule has 0 radical (unpaired) electrons. The van der Waals surface area contributed by atoms with Crippen molar-refractivity contribution in [3.63, 3.8) is 0 Å². The van der Waals surface area contributed by atoms with E-state index in [9.17, 15) is 1.41 Å². The third kappa shape index (κ3) is 18.8. The second kappa shape index (κ2) is 27.5. The molecule has 1 aliphatic rings. The van der Waals surface area contributed by atoms with Crippen LogP contribution in [0.15, 0.2) is 182 Å². The van der Waals surface area contributed by atoms with Crippen molar-refractivity contribution in [2.24, 2.45) is 0 Å². The maximum absolute atomic E-state index is 9.39. The Kier molecular flexibility index (Phi) is 23.1. The van der Waals surface area contributed by atoms with Gasteiger partial charge in [0, 0.05) is 0 Å². The molecule has 0 atom stereocenters. The van der Waals surface area contributed by atoms with Gasteiger partial charge >= 0.3 is 407 Å². The Morgan fingerprint density at radius 1 is 0.300 bits per heavy atom. The van der Waals surface area contributed by atoms with Crippen molar-refractivity contribution in [3.8, 4) is 0 Å². The third-order valence-electron chi connectivity index (χ3n) is 16.4. The van der Waals surface area contributed by atoms with Crippen LogP contribution in [0.2, 0.25) is 26.6 Å². The van der Waals surface area contributed by atoms with Gasteiger partial charge in [0.15, 0.2) is 0 Å². The molecule has 0 amide bonds. The number of aliphatic hydroxyl groups excluding tert-OH is 6. The van der Waals surface area contributed by atoms with Gasteiger partial charge in [0.2, 0.25) is 0 Å². The SMILES string of the molecule is CC(C)([CH2][Sn]([CH2]C(C)(C)c1ccccc1)([CH2]C(C)(C)c1ccccc1)[O][Sn]([CH2]C(C)(C)c1ccccc1)([CH2]C(C)(C)c1ccccc1)[CH2]C(C)(C)c1ccccc1)c1ccccc1.O=S(=O)(O)O.O[C@H]1[C@H](O)[C@@H](O)[C@H](O)[C@@H](O)[C@H]1O. The molecule has 11 nitrogen and oxygen atoms in total. The smallest absolute Gasteiger partial charge is 0.387 e. The van der Waals surface area contributed by atoms with Crippen LogP contribution in [0, 0.1) is 0 Å². The molecular formula is C66H92O11SSn2. The van der Waals surface area contributed by atoms with E-state index in [1.54, 1.807) is 0 Å². The monoisotopic (exact) mass is 1330 g/mol. The van der Waals surface area contributed by atoms with E-state index in [4.69, 9.17) is 48.2 Å². The molecule has 1 saturated carbocycles. The molecular weight excluding hydrogens is 1240 g/mol. The number of benzene rings is 6. The van der Waals surface area contributed by atoms with Crippen molar-refractivity contribution in [1.82, 2.24) is 0 Å². The Bertz CT molecular complexity index is 2410. The zero-order chi connectivity index (χ0) is 59.6. The summed E-state index contributed by atoms with van der Waals surface area (Å²) in [4.78, 5) is 0. The first-order valence-corrected chi connectivity index (χ1v) is 43.7. The molecule has 6 aromatic rings. The zero-order valence-corrected chi connectivity index (χ0v) is 55.8. The molecule has 8 N–H and O–H groups in total. The summed E-state index contributed by atoms with van der Waals surface area (Å²) in [6, 6.07) is 68.6. The van der Waals surface area contributed by atoms with Crippen molar-refractivity contribution in [3.05, 3.63) is 215 Å². The molecule has 0 spiro atoms. The average molecular weight is 1330 g/mol. The van der Waals surface area contributed by atoms with E-state index in [1.165, 1.54) is 33.4 Å². The Morgan fingerprint density at radius 3 is 0.525 bits per heavy atom. The number of aliphatic hydroxyl groups is 6. The fourth-order valence-electron chi connectivity index (χ4n) is 13.0. The Labute approximate surface area is 488 Å². The van der Waals surface area contributed by atoms with E-state index >= 15 is 0 Å². The minimum absolute atomic E-state index is 0.0900. The quantitative estimate of drug-likeness (QED) is 0.0267. The summed E-state index contributed by atoms with van der Waals surface area (Å²) >= 11 is -8.23. The fraction of sp³-hybridized carbons (Fsp3) is 0.455. The van der Waals surface area contributed by atoms with Crippen LogP contribution in [0.3, 0.4) is 0 Å². The summed E-state index contributed by atoms with van der Waals surface area (Å²) in [5.41, 5.74) is 7.98. The van der Waals surface area contributed by atoms with E-state index in [2.05, 4.69) is 265 Å². The maximum Gasteiger partial charge on any atom is 0.394 e. The van der Waals surface area contributed by atoms with E-state index in [1.807, 2.05) is 0 Å². The van der Waals surface area contributed by atoms with Crippen molar-refractivity contribution in [1.29, 1.82) is 0 Å². The maximum atomic E-state index is 9.39. The molecule has 0 saturated heterocycles. The fourth-order valence-corrected chi connectivity index (χ4v) is 76.0. The third-order valence-corrected chi connectivity index (χ3v) is 61.7. The molecule has 0 aliphatic heterocycles. The molecule has 80 heavy (non-hydrogen) atoms. The van der Waals surface area contributed by atoms with Crippen molar-refractivity contribution >= 4 is 48.0 Å². The van der Waals surface area contributed by atoms with Gasteiger partial charge in [-0.3, -0.25) is 9.11 Å². The van der Waals surface area contributed by atoms with Crippen molar-refractivity contribution in [2.45, 2.75) is 179 Å². The predicted molar refractivity (Wildman–Crippen MR) is 328 cm³/mol. The Morgan fingerprint density at radius 2 is 0.412 bits per heavy atom. The van der Waals surface area contributed by atoms with Crippen LogP contribution in [-0.4, -0.2) is 122 Å². The normalized spacial score (nSPS) is 19.7. The molecule has 6 aromatic carbocycles. The van der Waals surface area contributed by atoms with E-state index < -0.39 is 84.6 Å². The Balaban J connectivity index is 0.000000592. The topological polar surface area (TPSA) is 205 Å². The van der Waals surface area contributed by atoms with E-state index in [-0.39, 0.29) is 32.5 Å². The molecule has 1 fully saturated rings. The average Bonchev–Trinajstić information content (AvgIpc) is 3.39. The summed E-state index contributed by atoms with van der Waals surface area (Å²) < 4.78 is 47.6. The summed E-state index contributed by atoms with van der Waals surface area (Å²) in [5.74, 6) is 0. The van der Waals surface area contributed by atoms with Crippen LogP contribution in [0.25, 0.3) is 0 Å². The summed E-state index contributed by atoms with van der Waals surface area (Å²) in [7, 11) is -4.67. The van der Waals surface area contributed by atoms with Crippen LogP contribution in [0.1, 0.15) is 116 Å². The standard InChI is InChI=1S/6C10H13.C6H12O6.H2O4S.O.2Sn/c6*1-10(2,3)9-7-5-4-6-8-9;7-1-2(8)4(10)6(12)5(11)3(1)9;1-5(2,3)4;;;/h6*4-8H,1H2,2-3H3;1-12H;(H2,1,2,3,4);;;/t;;;;;;1-,2-,3-,4+,5-,6-;;;;. The van der Waals surface area contributed by atoms with Gasteiger partial charge in [-0.25, -0.2) is 0 Å². The molecule has 0 heterocycles. The molecule has 14 heteroatoms. The number of rotatable bonds is 20. The van der Waals surface area contributed by atoms with Crippen LogP contribution in [0.4, 0.5) is 0 Å². The summed E-state index contributed by atoms with van der Waals surface area (Å²) in [6.07, 6.45) is -9.84. The van der Waals surface area contributed by atoms with Crippen LogP contribution in [0.5, 0.6) is 0 Å². The second-order valence-corrected chi connectivity index (χ2v) is 51.4. The summed E-state index contributed by atoms with van der Waals surface area (Å²) in [5, 5.41) is 53.8. The first-order valence-electron chi connectivity index (χ1n) is 27.9. The van der Waals surface area contributed by atoms with Crippen molar-refractivity contribution < 1.29 is 49.6 Å². The van der Waals surface area contributed by atoms with Crippen molar-refractivity contribution in [2.75, 3.05) is 0 Å². The first-order chi connectivity index (χ1) is 37.0. The second-order valence-electron chi connectivity index (χ2n) is 26.4. The zero-order valence-electron chi connectivity index (χ0n) is 49.2. The van der Waals surface area contributed by atoms with Gasteiger partial charge in [-0.05, 0) is 0 Å². The van der Waals surface area contributed by atoms with Gasteiger partial charge in [0.25, 0.3) is 0 Å². The largest absolute Gasteiger partial charge is 0.394 e. The van der Waals surface area contributed by atoms with Crippen LogP contribution in [-0.2, 0) is 44.3 Å². The van der Waals surface area contributed by atoms with E-state index in [0.717, 1.165) is 26.6 Å². The Hall–Kier alpha value is -3.49. The number of hydrogen-bond acceptors (Lipinski definition) is 9. The molecule has 0 unspecified atom stereocenters. The predicted octanol–water partition coefficient (Wildman–Crippen LogP) is 12.3. The number of hydrogen-bond donors (Lipinski definition) is 8. The minimum atomic E-state index is -4.67. The molecule has 0 bridgehead atoms.